The first kappa shape index (κ1) is 14.2. The van der Waals surface area contributed by atoms with E-state index in [9.17, 15) is 9.59 Å². The number of rotatable bonds is 4. The number of cyclic esters (lactones) is 1. The Kier molecular flexibility index (Phi) is 4.45. The zero-order chi connectivity index (χ0) is 14.5. The summed E-state index contributed by atoms with van der Waals surface area (Å²) >= 11 is 0. The molecule has 20 heavy (non-hydrogen) atoms. The molecule has 1 aromatic rings. The van der Waals surface area contributed by atoms with Crippen molar-refractivity contribution < 1.29 is 19.1 Å². The van der Waals surface area contributed by atoms with Crippen molar-refractivity contribution in [3.05, 3.63) is 35.9 Å². The van der Waals surface area contributed by atoms with Crippen LogP contribution in [-0.2, 0) is 15.9 Å². The molecule has 2 atom stereocenters. The summed E-state index contributed by atoms with van der Waals surface area (Å²) in [6, 6.07) is 9.48. The Morgan fingerprint density at radius 1 is 1.40 bits per heavy atom. The predicted octanol–water partition coefficient (Wildman–Crippen LogP) is 2.10. The number of ether oxygens (including phenoxy) is 2. The van der Waals surface area contributed by atoms with Crippen molar-refractivity contribution in [2.45, 2.75) is 32.4 Å². The van der Waals surface area contributed by atoms with Crippen LogP contribution in [0.2, 0.25) is 0 Å². The zero-order valence-corrected chi connectivity index (χ0v) is 11.5. The van der Waals surface area contributed by atoms with E-state index in [0.717, 1.165) is 5.56 Å². The summed E-state index contributed by atoms with van der Waals surface area (Å²) < 4.78 is 9.94. The molecule has 0 saturated carbocycles. The molecule has 1 aliphatic heterocycles. The number of nitrogens with zero attached hydrogens (tertiary/aromatic N) is 1. The zero-order valence-electron chi connectivity index (χ0n) is 11.5. The Balaban J connectivity index is 2.07. The van der Waals surface area contributed by atoms with Gasteiger partial charge in [0, 0.05) is 0 Å². The predicted molar refractivity (Wildman–Crippen MR) is 71.9 cm³/mol. The molecule has 0 spiro atoms. The van der Waals surface area contributed by atoms with E-state index in [4.69, 9.17) is 9.47 Å². The summed E-state index contributed by atoms with van der Waals surface area (Å²) in [5, 5.41) is 1.20. The first-order valence-corrected chi connectivity index (χ1v) is 6.59. The third kappa shape index (κ3) is 3.20. The Hall–Kier alpha value is -2.24. The lowest BCUT2D eigenvalue weighted by atomic mass is 10.0. The summed E-state index contributed by atoms with van der Waals surface area (Å²) in [7, 11) is 0. The Morgan fingerprint density at radius 2 is 2.10 bits per heavy atom. The van der Waals surface area contributed by atoms with E-state index in [0.29, 0.717) is 6.42 Å². The van der Waals surface area contributed by atoms with Gasteiger partial charge in [-0.15, -0.1) is 0 Å². The van der Waals surface area contributed by atoms with E-state index in [2.05, 4.69) is 5.43 Å². The fraction of sp³-hybridized carbons (Fsp3) is 0.429. The second-order valence-electron chi connectivity index (χ2n) is 4.55. The lowest BCUT2D eigenvalue weighted by Crippen LogP contribution is -2.49. The number of carbonyl (C=O) groups excluding carboxylic acids is 2. The maximum absolute atomic E-state index is 11.8. The van der Waals surface area contributed by atoms with Gasteiger partial charge in [0.05, 0.1) is 12.6 Å². The Bertz CT molecular complexity index is 477. The lowest BCUT2D eigenvalue weighted by Gasteiger charge is -2.23. The van der Waals surface area contributed by atoms with E-state index in [1.54, 1.807) is 13.8 Å². The number of nitrogens with one attached hydrogen (secondary N) is 1. The van der Waals surface area contributed by atoms with E-state index < -0.39 is 12.2 Å². The van der Waals surface area contributed by atoms with Gasteiger partial charge in [-0.25, -0.2) is 20.0 Å². The van der Waals surface area contributed by atoms with Crippen molar-refractivity contribution in [1.82, 2.24) is 10.4 Å². The first-order chi connectivity index (χ1) is 9.61. The van der Waals surface area contributed by atoms with Gasteiger partial charge >= 0.3 is 12.2 Å². The van der Waals surface area contributed by atoms with Crippen LogP contribution in [0.3, 0.4) is 0 Å². The average molecular weight is 278 g/mol. The van der Waals surface area contributed by atoms with Crippen LogP contribution in [-0.4, -0.2) is 35.9 Å². The van der Waals surface area contributed by atoms with Crippen molar-refractivity contribution >= 4 is 12.2 Å². The quantitative estimate of drug-likeness (QED) is 0.915. The third-order valence-electron chi connectivity index (χ3n) is 3.13. The van der Waals surface area contributed by atoms with Crippen LogP contribution in [0.15, 0.2) is 30.3 Å². The van der Waals surface area contributed by atoms with Gasteiger partial charge in [0.15, 0.2) is 0 Å². The highest BCUT2D eigenvalue weighted by Crippen LogP contribution is 2.21. The molecule has 0 unspecified atom stereocenters. The van der Waals surface area contributed by atoms with Crippen LogP contribution in [0.1, 0.15) is 19.4 Å². The highest BCUT2D eigenvalue weighted by molar-refractivity contribution is 5.75. The van der Waals surface area contributed by atoms with Crippen molar-refractivity contribution in [2.24, 2.45) is 0 Å². The fourth-order valence-electron chi connectivity index (χ4n) is 2.14. The molecule has 2 rings (SSSR count). The molecule has 1 aliphatic rings. The minimum Gasteiger partial charge on any atom is -0.449 e. The molecule has 1 fully saturated rings. The maximum Gasteiger partial charge on any atom is 0.429 e. The highest BCUT2D eigenvalue weighted by atomic mass is 16.6. The van der Waals surface area contributed by atoms with E-state index in [-0.39, 0.29) is 18.8 Å². The minimum absolute atomic E-state index is 0.244. The van der Waals surface area contributed by atoms with Crippen LogP contribution in [0.4, 0.5) is 9.59 Å². The first-order valence-electron chi connectivity index (χ1n) is 6.59. The van der Waals surface area contributed by atoms with Crippen LogP contribution in [0, 0.1) is 0 Å². The third-order valence-corrected chi connectivity index (χ3v) is 3.13. The number of benzene rings is 1. The molecule has 6 nitrogen and oxygen atoms in total. The van der Waals surface area contributed by atoms with E-state index >= 15 is 0 Å². The lowest BCUT2D eigenvalue weighted by molar-refractivity contribution is 0.106. The molecule has 0 radical (unpaired) electrons. The largest absolute Gasteiger partial charge is 0.449 e. The van der Waals surface area contributed by atoms with Crippen LogP contribution < -0.4 is 5.43 Å². The molecule has 6 heteroatoms. The molecule has 1 N–H and O–H groups in total. The second-order valence-corrected chi connectivity index (χ2v) is 4.55. The van der Waals surface area contributed by atoms with Crippen molar-refractivity contribution in [1.29, 1.82) is 0 Å². The summed E-state index contributed by atoms with van der Waals surface area (Å²) in [5.41, 5.74) is 3.50. The molecule has 0 aliphatic carbocycles. The monoisotopic (exact) mass is 278 g/mol. The van der Waals surface area contributed by atoms with Crippen molar-refractivity contribution in [2.75, 3.05) is 6.61 Å². The topological polar surface area (TPSA) is 67.9 Å². The number of carbonyl (C=O) groups is 2. The second kappa shape index (κ2) is 6.27. The number of amides is 2. The van der Waals surface area contributed by atoms with Gasteiger partial charge in [-0.1, -0.05) is 30.3 Å². The van der Waals surface area contributed by atoms with Crippen LogP contribution >= 0.6 is 0 Å². The molecule has 0 aromatic heterocycles. The van der Waals surface area contributed by atoms with Crippen LogP contribution in [0.25, 0.3) is 0 Å². The summed E-state index contributed by atoms with van der Waals surface area (Å²) in [6.45, 7) is 3.75. The van der Waals surface area contributed by atoms with Gasteiger partial charge < -0.3 is 9.47 Å². The van der Waals surface area contributed by atoms with E-state index in [1.165, 1.54) is 5.01 Å². The Labute approximate surface area is 117 Å². The molecule has 1 aromatic carbocycles. The average Bonchev–Trinajstić information content (AvgIpc) is 2.67. The molecular formula is C14H18N2O4. The smallest absolute Gasteiger partial charge is 0.429 e. The highest BCUT2D eigenvalue weighted by Gasteiger charge is 2.40. The molecule has 0 bridgehead atoms. The van der Waals surface area contributed by atoms with Gasteiger partial charge in [-0.05, 0) is 25.8 Å². The van der Waals surface area contributed by atoms with Gasteiger partial charge in [-0.3, -0.25) is 0 Å². The molecule has 2 amide bonds. The molecule has 108 valence electrons. The number of hydrogen-bond donors (Lipinski definition) is 1. The van der Waals surface area contributed by atoms with Gasteiger partial charge in [0.25, 0.3) is 0 Å². The van der Waals surface area contributed by atoms with E-state index in [1.807, 2.05) is 30.3 Å². The fourth-order valence-corrected chi connectivity index (χ4v) is 2.14. The molecular weight excluding hydrogens is 260 g/mol. The molecule has 1 saturated heterocycles. The van der Waals surface area contributed by atoms with Crippen molar-refractivity contribution in [3.8, 4) is 0 Å². The number of hydrazine groups is 1. The van der Waals surface area contributed by atoms with Gasteiger partial charge in [0.1, 0.15) is 6.10 Å². The van der Waals surface area contributed by atoms with Gasteiger partial charge in [0.2, 0.25) is 0 Å². The summed E-state index contributed by atoms with van der Waals surface area (Å²) in [5.74, 6) is 0. The Morgan fingerprint density at radius 3 is 2.75 bits per heavy atom. The van der Waals surface area contributed by atoms with Crippen molar-refractivity contribution in [3.63, 3.8) is 0 Å². The van der Waals surface area contributed by atoms with Crippen LogP contribution in [0.5, 0.6) is 0 Å². The molecule has 1 heterocycles. The maximum atomic E-state index is 11.8. The normalized spacial score (nSPS) is 21.5. The standard InChI is InChI=1S/C14H18N2O4/c1-3-19-13(17)15-16-12(10(2)20-14(16)18)9-11-7-5-4-6-8-11/h4-8,10,12H,3,9H2,1-2H3,(H,15,17)/t10-,12+/m0/s1. The van der Waals surface area contributed by atoms with Gasteiger partial charge in [-0.2, -0.15) is 0 Å². The minimum atomic E-state index is -0.656. The summed E-state index contributed by atoms with van der Waals surface area (Å²) in [6.07, 6.45) is -0.923. The SMILES string of the molecule is CCOC(=O)NN1C(=O)O[C@@H](C)[C@H]1Cc1ccccc1. The number of hydrogen-bond acceptors (Lipinski definition) is 4. The summed E-state index contributed by atoms with van der Waals surface area (Å²) in [4.78, 5) is 23.2.